The van der Waals surface area contributed by atoms with Crippen LogP contribution in [0.2, 0.25) is 0 Å². The predicted octanol–water partition coefficient (Wildman–Crippen LogP) is 3.50. The summed E-state index contributed by atoms with van der Waals surface area (Å²) < 4.78 is 10.9. The standard InChI is InChI=1S/C15H18N2O2.C2H6/c1-18-15-5-6-16-14-4-3-12(11-13(14)15)17-7-2-9-19-10-8-17;1-2/h3-6,11H,2,7-10H2,1H3;1-2H3. The van der Waals surface area contributed by atoms with Crippen LogP contribution in [0.15, 0.2) is 30.5 Å². The van der Waals surface area contributed by atoms with Crippen molar-refractivity contribution in [3.05, 3.63) is 30.5 Å². The summed E-state index contributed by atoms with van der Waals surface area (Å²) in [7, 11) is 1.70. The van der Waals surface area contributed by atoms with Crippen molar-refractivity contribution in [1.82, 2.24) is 4.98 Å². The van der Waals surface area contributed by atoms with Gasteiger partial charge in [0.05, 0.1) is 19.2 Å². The molecule has 1 aromatic carbocycles. The second-order valence-corrected chi connectivity index (χ2v) is 4.67. The van der Waals surface area contributed by atoms with E-state index in [2.05, 4.69) is 28.1 Å². The highest BCUT2D eigenvalue weighted by Crippen LogP contribution is 2.28. The Kier molecular flexibility index (Phi) is 5.81. The fraction of sp³-hybridized carbons (Fsp3) is 0.471. The Morgan fingerprint density at radius 3 is 2.81 bits per heavy atom. The number of benzene rings is 1. The van der Waals surface area contributed by atoms with Crippen molar-refractivity contribution in [2.24, 2.45) is 0 Å². The van der Waals surface area contributed by atoms with Gasteiger partial charge in [0.15, 0.2) is 0 Å². The highest BCUT2D eigenvalue weighted by atomic mass is 16.5. The highest BCUT2D eigenvalue weighted by molar-refractivity contribution is 5.88. The summed E-state index contributed by atoms with van der Waals surface area (Å²) in [5.74, 6) is 0.873. The number of fused-ring (bicyclic) bond motifs is 1. The molecule has 2 heterocycles. The lowest BCUT2D eigenvalue weighted by Gasteiger charge is -2.22. The zero-order valence-electron chi connectivity index (χ0n) is 13.1. The van der Waals surface area contributed by atoms with Crippen molar-refractivity contribution in [2.75, 3.05) is 38.3 Å². The molecule has 0 amide bonds. The molecule has 0 spiro atoms. The van der Waals surface area contributed by atoms with E-state index >= 15 is 0 Å². The fourth-order valence-corrected chi connectivity index (χ4v) is 2.49. The molecule has 1 fully saturated rings. The molecule has 1 aliphatic rings. The molecule has 114 valence electrons. The van der Waals surface area contributed by atoms with E-state index in [-0.39, 0.29) is 0 Å². The topological polar surface area (TPSA) is 34.6 Å². The molecule has 3 rings (SSSR count). The second-order valence-electron chi connectivity index (χ2n) is 4.67. The maximum Gasteiger partial charge on any atom is 0.129 e. The van der Waals surface area contributed by atoms with Gasteiger partial charge in [-0.05, 0) is 30.7 Å². The van der Waals surface area contributed by atoms with Gasteiger partial charge in [-0.25, -0.2) is 0 Å². The Labute approximate surface area is 126 Å². The van der Waals surface area contributed by atoms with Crippen LogP contribution in [0.1, 0.15) is 20.3 Å². The Morgan fingerprint density at radius 2 is 2.00 bits per heavy atom. The van der Waals surface area contributed by atoms with Crippen LogP contribution in [0, 0.1) is 0 Å². The molecule has 0 radical (unpaired) electrons. The minimum Gasteiger partial charge on any atom is -0.496 e. The summed E-state index contributed by atoms with van der Waals surface area (Å²) in [6.07, 6.45) is 2.85. The van der Waals surface area contributed by atoms with Gasteiger partial charge in [0.1, 0.15) is 5.75 Å². The van der Waals surface area contributed by atoms with E-state index in [0.717, 1.165) is 49.4 Å². The van der Waals surface area contributed by atoms with Gasteiger partial charge in [0.25, 0.3) is 0 Å². The average Bonchev–Trinajstić information content (AvgIpc) is 2.85. The number of pyridine rings is 1. The first-order chi connectivity index (χ1) is 10.4. The molecule has 4 heteroatoms. The molecule has 2 aromatic rings. The van der Waals surface area contributed by atoms with Crippen molar-refractivity contribution in [3.63, 3.8) is 0 Å². The van der Waals surface area contributed by atoms with Crippen molar-refractivity contribution >= 4 is 16.6 Å². The van der Waals surface area contributed by atoms with Crippen LogP contribution in [0.5, 0.6) is 5.75 Å². The van der Waals surface area contributed by atoms with Crippen molar-refractivity contribution in [3.8, 4) is 5.75 Å². The van der Waals surface area contributed by atoms with E-state index in [4.69, 9.17) is 9.47 Å². The first-order valence-electron chi connectivity index (χ1n) is 7.64. The first kappa shape index (κ1) is 15.6. The molecule has 1 saturated heterocycles. The highest BCUT2D eigenvalue weighted by Gasteiger charge is 2.11. The van der Waals surface area contributed by atoms with E-state index < -0.39 is 0 Å². The van der Waals surface area contributed by atoms with Gasteiger partial charge in [-0.3, -0.25) is 4.98 Å². The third-order valence-corrected chi connectivity index (χ3v) is 3.49. The maximum atomic E-state index is 5.50. The molecule has 0 atom stereocenters. The van der Waals surface area contributed by atoms with E-state index in [1.54, 1.807) is 13.3 Å². The Morgan fingerprint density at radius 1 is 1.14 bits per heavy atom. The number of ether oxygens (including phenoxy) is 2. The summed E-state index contributed by atoms with van der Waals surface area (Å²) in [6, 6.07) is 8.24. The van der Waals surface area contributed by atoms with Gasteiger partial charge in [-0.15, -0.1) is 0 Å². The van der Waals surface area contributed by atoms with Gasteiger partial charge in [0, 0.05) is 37.0 Å². The lowest BCUT2D eigenvalue weighted by molar-refractivity contribution is 0.152. The minimum atomic E-state index is 0.794. The summed E-state index contributed by atoms with van der Waals surface area (Å²) in [4.78, 5) is 6.73. The minimum absolute atomic E-state index is 0.794. The Hall–Kier alpha value is -1.81. The molecular formula is C17H24N2O2. The third-order valence-electron chi connectivity index (χ3n) is 3.49. The first-order valence-corrected chi connectivity index (χ1v) is 7.64. The normalized spacial score (nSPS) is 15.1. The smallest absolute Gasteiger partial charge is 0.129 e. The Balaban J connectivity index is 0.000000774. The van der Waals surface area contributed by atoms with Crippen LogP contribution < -0.4 is 9.64 Å². The summed E-state index contributed by atoms with van der Waals surface area (Å²) in [6.45, 7) is 7.62. The second kappa shape index (κ2) is 7.84. The van der Waals surface area contributed by atoms with E-state index in [0.29, 0.717) is 0 Å². The molecule has 4 nitrogen and oxygen atoms in total. The number of nitrogens with zero attached hydrogens (tertiary/aromatic N) is 2. The number of methoxy groups -OCH3 is 1. The molecule has 0 saturated carbocycles. The molecule has 0 bridgehead atoms. The number of hydrogen-bond donors (Lipinski definition) is 0. The number of rotatable bonds is 2. The van der Waals surface area contributed by atoms with Crippen LogP contribution >= 0.6 is 0 Å². The zero-order chi connectivity index (χ0) is 15.1. The average molecular weight is 288 g/mol. The Bertz CT molecular complexity index is 564. The molecule has 0 unspecified atom stereocenters. The predicted molar refractivity (Wildman–Crippen MR) is 87.3 cm³/mol. The fourth-order valence-electron chi connectivity index (χ4n) is 2.49. The molecule has 21 heavy (non-hydrogen) atoms. The van der Waals surface area contributed by atoms with Crippen molar-refractivity contribution in [1.29, 1.82) is 0 Å². The zero-order valence-corrected chi connectivity index (χ0v) is 13.1. The van der Waals surface area contributed by atoms with E-state index in [1.807, 2.05) is 19.9 Å². The maximum absolute atomic E-state index is 5.50. The van der Waals surface area contributed by atoms with Crippen LogP contribution in [-0.4, -0.2) is 38.4 Å². The monoisotopic (exact) mass is 288 g/mol. The number of aromatic nitrogens is 1. The SMILES string of the molecule is CC.COc1ccnc2ccc(N3CCCOCC3)cc12. The van der Waals surface area contributed by atoms with Crippen LogP contribution in [0.3, 0.4) is 0 Å². The molecule has 1 aromatic heterocycles. The number of anilines is 1. The van der Waals surface area contributed by atoms with Crippen LogP contribution in [-0.2, 0) is 4.74 Å². The lowest BCUT2D eigenvalue weighted by Crippen LogP contribution is -2.25. The van der Waals surface area contributed by atoms with E-state index in [1.165, 1.54) is 5.69 Å². The van der Waals surface area contributed by atoms with E-state index in [9.17, 15) is 0 Å². The van der Waals surface area contributed by atoms with Gasteiger partial charge in [-0.1, -0.05) is 13.8 Å². The summed E-state index contributed by atoms with van der Waals surface area (Å²) in [5, 5.41) is 1.06. The van der Waals surface area contributed by atoms with Gasteiger partial charge >= 0.3 is 0 Å². The summed E-state index contributed by atoms with van der Waals surface area (Å²) >= 11 is 0. The molecule has 0 N–H and O–H groups in total. The van der Waals surface area contributed by atoms with Gasteiger partial charge < -0.3 is 14.4 Å². The van der Waals surface area contributed by atoms with Crippen molar-refractivity contribution < 1.29 is 9.47 Å². The van der Waals surface area contributed by atoms with Crippen molar-refractivity contribution in [2.45, 2.75) is 20.3 Å². The summed E-state index contributed by atoms with van der Waals surface area (Å²) in [5.41, 5.74) is 2.18. The molecule has 1 aliphatic heterocycles. The third kappa shape index (κ3) is 3.64. The largest absolute Gasteiger partial charge is 0.496 e. The lowest BCUT2D eigenvalue weighted by atomic mass is 10.1. The van der Waals surface area contributed by atoms with Gasteiger partial charge in [0.2, 0.25) is 0 Å². The molecular weight excluding hydrogens is 264 g/mol. The quantitative estimate of drug-likeness (QED) is 0.847. The van der Waals surface area contributed by atoms with Gasteiger partial charge in [-0.2, -0.15) is 0 Å². The number of hydrogen-bond acceptors (Lipinski definition) is 4. The molecule has 0 aliphatic carbocycles. The van der Waals surface area contributed by atoms with Crippen LogP contribution in [0.4, 0.5) is 5.69 Å². The van der Waals surface area contributed by atoms with Crippen LogP contribution in [0.25, 0.3) is 10.9 Å².